The highest BCUT2D eigenvalue weighted by molar-refractivity contribution is 7.80. The Bertz CT molecular complexity index is 687. The molecule has 4 nitrogen and oxygen atoms in total. The highest BCUT2D eigenvalue weighted by Gasteiger charge is 2.07. The van der Waals surface area contributed by atoms with Gasteiger partial charge in [-0.1, -0.05) is 41.4 Å². The Hall–Kier alpha value is -1.82. The van der Waals surface area contributed by atoms with E-state index in [4.69, 9.17) is 33.7 Å². The van der Waals surface area contributed by atoms with Crippen molar-refractivity contribution in [3.05, 3.63) is 63.6 Å². The fourth-order valence-electron chi connectivity index (χ4n) is 1.70. The van der Waals surface area contributed by atoms with Crippen LogP contribution in [0.15, 0.2) is 47.6 Å². The summed E-state index contributed by atoms with van der Waals surface area (Å²) < 4.78 is 5.79. The van der Waals surface area contributed by atoms with Crippen LogP contribution in [0.2, 0.25) is 10.0 Å². The molecule has 7 heteroatoms. The second kappa shape index (κ2) is 7.98. The SMILES string of the molecule is NC(=S)N/N=C/c1ccccc1OCc1c(Cl)cccc1Cl. The molecule has 22 heavy (non-hydrogen) atoms. The predicted molar refractivity (Wildman–Crippen MR) is 94.8 cm³/mol. The molecule has 0 bridgehead atoms. The molecule has 0 aliphatic carbocycles. The standard InChI is InChI=1S/C15H13Cl2N3OS/c16-12-5-3-6-13(17)11(12)9-21-14-7-2-1-4-10(14)8-19-20-15(18)22/h1-8H,9H2,(H3,18,20,22)/b19-8+. The summed E-state index contributed by atoms with van der Waals surface area (Å²) in [6.07, 6.45) is 1.57. The summed E-state index contributed by atoms with van der Waals surface area (Å²) in [5, 5.41) is 5.14. The first-order valence-electron chi connectivity index (χ1n) is 6.31. The van der Waals surface area contributed by atoms with Gasteiger partial charge in [-0.2, -0.15) is 5.10 Å². The number of thiocarbonyl (C=S) groups is 1. The van der Waals surface area contributed by atoms with Crippen LogP contribution in [0, 0.1) is 0 Å². The van der Waals surface area contributed by atoms with Crippen LogP contribution in [-0.4, -0.2) is 11.3 Å². The maximum absolute atomic E-state index is 6.12. The van der Waals surface area contributed by atoms with Gasteiger partial charge in [-0.3, -0.25) is 5.43 Å². The van der Waals surface area contributed by atoms with E-state index in [0.717, 1.165) is 11.1 Å². The van der Waals surface area contributed by atoms with Gasteiger partial charge >= 0.3 is 0 Å². The number of halogens is 2. The van der Waals surface area contributed by atoms with E-state index in [2.05, 4.69) is 22.7 Å². The number of nitrogens with one attached hydrogen (secondary N) is 1. The molecule has 114 valence electrons. The monoisotopic (exact) mass is 353 g/mol. The van der Waals surface area contributed by atoms with Gasteiger partial charge in [-0.15, -0.1) is 0 Å². The van der Waals surface area contributed by atoms with E-state index in [-0.39, 0.29) is 11.7 Å². The third-order valence-corrected chi connectivity index (χ3v) is 3.53. The number of rotatable bonds is 5. The Morgan fingerprint density at radius 2 is 1.86 bits per heavy atom. The summed E-state index contributed by atoms with van der Waals surface area (Å²) in [6, 6.07) is 12.7. The quantitative estimate of drug-likeness (QED) is 0.488. The fraction of sp³-hybridized carbons (Fsp3) is 0.0667. The lowest BCUT2D eigenvalue weighted by atomic mass is 10.2. The third-order valence-electron chi connectivity index (χ3n) is 2.73. The largest absolute Gasteiger partial charge is 0.488 e. The maximum atomic E-state index is 6.12. The molecule has 0 radical (unpaired) electrons. The molecular weight excluding hydrogens is 341 g/mol. The Kier molecular flexibility index (Phi) is 6.00. The zero-order valence-electron chi connectivity index (χ0n) is 11.4. The number of benzene rings is 2. The highest BCUT2D eigenvalue weighted by atomic mass is 35.5. The lowest BCUT2D eigenvalue weighted by molar-refractivity contribution is 0.306. The molecular formula is C15H13Cl2N3OS. The van der Waals surface area contributed by atoms with E-state index in [1.807, 2.05) is 24.3 Å². The van der Waals surface area contributed by atoms with Gasteiger partial charge in [0.15, 0.2) is 5.11 Å². The van der Waals surface area contributed by atoms with E-state index in [9.17, 15) is 0 Å². The molecule has 2 rings (SSSR count). The molecule has 2 aromatic carbocycles. The van der Waals surface area contributed by atoms with Crippen molar-refractivity contribution in [1.29, 1.82) is 0 Å². The number of nitrogens with zero attached hydrogens (tertiary/aromatic N) is 1. The van der Waals surface area contributed by atoms with Crippen LogP contribution in [0.5, 0.6) is 5.75 Å². The van der Waals surface area contributed by atoms with Crippen molar-refractivity contribution in [3.63, 3.8) is 0 Å². The minimum atomic E-state index is 0.0949. The van der Waals surface area contributed by atoms with Gasteiger partial charge in [0, 0.05) is 21.2 Å². The Morgan fingerprint density at radius 1 is 1.18 bits per heavy atom. The Balaban J connectivity index is 2.13. The Morgan fingerprint density at radius 3 is 2.55 bits per heavy atom. The van der Waals surface area contributed by atoms with Crippen LogP contribution in [0.1, 0.15) is 11.1 Å². The van der Waals surface area contributed by atoms with Crippen LogP contribution in [0.4, 0.5) is 0 Å². The van der Waals surface area contributed by atoms with Crippen LogP contribution in [-0.2, 0) is 6.61 Å². The molecule has 0 aliphatic rings. The molecule has 0 aliphatic heterocycles. The number of hydrazone groups is 1. The van der Waals surface area contributed by atoms with Gasteiger partial charge in [0.2, 0.25) is 0 Å². The predicted octanol–water partition coefficient (Wildman–Crippen LogP) is 3.74. The van der Waals surface area contributed by atoms with Gasteiger partial charge in [0.05, 0.1) is 6.21 Å². The topological polar surface area (TPSA) is 59.6 Å². The van der Waals surface area contributed by atoms with Crippen molar-refractivity contribution in [2.24, 2.45) is 10.8 Å². The van der Waals surface area contributed by atoms with E-state index in [1.54, 1.807) is 24.4 Å². The Labute approximate surface area is 143 Å². The van der Waals surface area contributed by atoms with E-state index < -0.39 is 0 Å². The number of nitrogens with two attached hydrogens (primary N) is 1. The summed E-state index contributed by atoms with van der Waals surface area (Å²) in [6.45, 7) is 0.256. The normalized spacial score (nSPS) is 10.6. The zero-order valence-corrected chi connectivity index (χ0v) is 13.8. The lowest BCUT2D eigenvalue weighted by Gasteiger charge is -2.11. The summed E-state index contributed by atoms with van der Waals surface area (Å²) in [7, 11) is 0. The smallest absolute Gasteiger partial charge is 0.184 e. The lowest BCUT2D eigenvalue weighted by Crippen LogP contribution is -2.24. The van der Waals surface area contributed by atoms with Crippen LogP contribution in [0.25, 0.3) is 0 Å². The molecule has 0 aromatic heterocycles. The molecule has 0 saturated carbocycles. The number of hydrogen-bond donors (Lipinski definition) is 2. The molecule has 0 fully saturated rings. The molecule has 0 saturated heterocycles. The van der Waals surface area contributed by atoms with Crippen molar-refractivity contribution in [1.82, 2.24) is 5.43 Å². The molecule has 2 aromatic rings. The van der Waals surface area contributed by atoms with E-state index >= 15 is 0 Å². The summed E-state index contributed by atoms with van der Waals surface area (Å²) in [4.78, 5) is 0. The second-order valence-corrected chi connectivity index (χ2v) is 5.52. The first kappa shape index (κ1) is 16.5. The van der Waals surface area contributed by atoms with Gasteiger partial charge < -0.3 is 10.5 Å². The van der Waals surface area contributed by atoms with Gasteiger partial charge in [-0.05, 0) is 36.5 Å². The number of hydrogen-bond acceptors (Lipinski definition) is 3. The zero-order chi connectivity index (χ0) is 15.9. The molecule has 0 amide bonds. The van der Waals surface area contributed by atoms with Crippen molar-refractivity contribution < 1.29 is 4.74 Å². The number of ether oxygens (including phenoxy) is 1. The average Bonchev–Trinajstić information content (AvgIpc) is 2.48. The van der Waals surface area contributed by atoms with Crippen LogP contribution < -0.4 is 15.9 Å². The summed E-state index contributed by atoms with van der Waals surface area (Å²) in [5.74, 6) is 0.645. The minimum Gasteiger partial charge on any atom is -0.488 e. The van der Waals surface area contributed by atoms with Crippen molar-refractivity contribution in [2.45, 2.75) is 6.61 Å². The molecule has 0 atom stereocenters. The highest BCUT2D eigenvalue weighted by Crippen LogP contribution is 2.26. The molecule has 3 N–H and O–H groups in total. The minimum absolute atomic E-state index is 0.0949. The van der Waals surface area contributed by atoms with Crippen LogP contribution >= 0.6 is 35.4 Å². The molecule has 0 unspecified atom stereocenters. The van der Waals surface area contributed by atoms with Gasteiger partial charge in [0.1, 0.15) is 12.4 Å². The fourth-order valence-corrected chi connectivity index (χ4v) is 2.26. The first-order chi connectivity index (χ1) is 10.6. The van der Waals surface area contributed by atoms with Gasteiger partial charge in [-0.25, -0.2) is 0 Å². The molecule has 0 heterocycles. The van der Waals surface area contributed by atoms with Crippen LogP contribution in [0.3, 0.4) is 0 Å². The average molecular weight is 354 g/mol. The first-order valence-corrected chi connectivity index (χ1v) is 7.47. The second-order valence-electron chi connectivity index (χ2n) is 4.26. The maximum Gasteiger partial charge on any atom is 0.184 e. The summed E-state index contributed by atoms with van der Waals surface area (Å²) >= 11 is 16.9. The van der Waals surface area contributed by atoms with Crippen molar-refractivity contribution in [2.75, 3.05) is 0 Å². The van der Waals surface area contributed by atoms with Gasteiger partial charge in [0.25, 0.3) is 0 Å². The summed E-state index contributed by atoms with van der Waals surface area (Å²) in [5.41, 5.74) is 9.31. The van der Waals surface area contributed by atoms with E-state index in [0.29, 0.717) is 15.8 Å². The third kappa shape index (κ3) is 4.59. The van der Waals surface area contributed by atoms with Crippen molar-refractivity contribution >= 4 is 46.7 Å². The van der Waals surface area contributed by atoms with E-state index in [1.165, 1.54) is 0 Å². The van der Waals surface area contributed by atoms with Crippen molar-refractivity contribution in [3.8, 4) is 5.75 Å². The molecule has 0 spiro atoms. The number of para-hydroxylation sites is 1.